The Bertz CT molecular complexity index is 1060. The third-order valence-electron chi connectivity index (χ3n) is 5.71. The molecule has 1 fully saturated rings. The standard InChI is InChI=1S/C26H39N5O5/c1-25(2,3)35-23(32)30-12-10-17(11-13-30)16-31(24(33)36-26(4,5)6)18-8-9-19(21(14-18)34-7)20-15-22(27)29-28-20/h8-9,14-15,17H,10-13,16H2,1-7H3,(H3,27,28,29). The number of anilines is 2. The Labute approximate surface area is 213 Å². The summed E-state index contributed by atoms with van der Waals surface area (Å²) in [5.41, 5.74) is 6.74. The molecule has 2 heterocycles. The summed E-state index contributed by atoms with van der Waals surface area (Å²) in [6.07, 6.45) is 0.768. The Hall–Kier alpha value is -3.43. The van der Waals surface area contributed by atoms with Crippen molar-refractivity contribution in [2.24, 2.45) is 5.92 Å². The number of amides is 2. The zero-order valence-corrected chi connectivity index (χ0v) is 22.4. The largest absolute Gasteiger partial charge is 0.496 e. The van der Waals surface area contributed by atoms with E-state index in [-0.39, 0.29) is 12.0 Å². The molecule has 2 aromatic rings. The molecule has 0 saturated carbocycles. The number of likely N-dealkylation sites (tertiary alicyclic amines) is 1. The van der Waals surface area contributed by atoms with Gasteiger partial charge in [-0.25, -0.2) is 9.59 Å². The second-order valence-electron chi connectivity index (χ2n) is 11.1. The van der Waals surface area contributed by atoms with Crippen LogP contribution in [0, 0.1) is 5.92 Å². The number of rotatable bonds is 5. The van der Waals surface area contributed by atoms with Crippen LogP contribution in [0.2, 0.25) is 0 Å². The summed E-state index contributed by atoms with van der Waals surface area (Å²) < 4.78 is 16.9. The number of benzene rings is 1. The van der Waals surface area contributed by atoms with E-state index in [1.165, 1.54) is 0 Å². The monoisotopic (exact) mass is 501 g/mol. The maximum Gasteiger partial charge on any atom is 0.414 e. The Morgan fingerprint density at radius 1 is 1.08 bits per heavy atom. The van der Waals surface area contributed by atoms with Crippen molar-refractivity contribution in [2.75, 3.05) is 37.4 Å². The van der Waals surface area contributed by atoms with Gasteiger partial charge in [0, 0.05) is 37.3 Å². The van der Waals surface area contributed by atoms with Crippen molar-refractivity contribution >= 4 is 23.7 Å². The molecule has 1 saturated heterocycles. The molecule has 3 N–H and O–H groups in total. The SMILES string of the molecule is COc1cc(N(CC2CCN(C(=O)OC(C)(C)C)CC2)C(=O)OC(C)(C)C)ccc1-c1cc(N)n[nH]1. The third kappa shape index (κ3) is 7.29. The first-order valence-corrected chi connectivity index (χ1v) is 12.2. The Kier molecular flexibility index (Phi) is 8.05. The quantitative estimate of drug-likeness (QED) is 0.587. The predicted octanol–water partition coefficient (Wildman–Crippen LogP) is 5.06. The minimum atomic E-state index is -0.646. The number of carbonyl (C=O) groups excluding carboxylic acids is 2. The molecule has 0 aliphatic carbocycles. The zero-order valence-electron chi connectivity index (χ0n) is 22.4. The number of hydrogen-bond donors (Lipinski definition) is 2. The van der Waals surface area contributed by atoms with Crippen molar-refractivity contribution < 1.29 is 23.8 Å². The highest BCUT2D eigenvalue weighted by atomic mass is 16.6. The summed E-state index contributed by atoms with van der Waals surface area (Å²) in [6, 6.07) is 7.26. The number of aromatic amines is 1. The summed E-state index contributed by atoms with van der Waals surface area (Å²) in [5.74, 6) is 1.14. The van der Waals surface area contributed by atoms with Crippen LogP contribution >= 0.6 is 0 Å². The van der Waals surface area contributed by atoms with Gasteiger partial charge in [0.2, 0.25) is 0 Å². The highest BCUT2D eigenvalue weighted by molar-refractivity contribution is 5.89. The summed E-state index contributed by atoms with van der Waals surface area (Å²) in [6.45, 7) is 12.7. The fourth-order valence-corrected chi connectivity index (χ4v) is 4.03. The minimum absolute atomic E-state index is 0.189. The number of nitrogen functional groups attached to an aromatic ring is 1. The van der Waals surface area contributed by atoms with Crippen LogP contribution < -0.4 is 15.4 Å². The van der Waals surface area contributed by atoms with Crippen LogP contribution in [0.1, 0.15) is 54.4 Å². The fraction of sp³-hybridized carbons (Fsp3) is 0.577. The van der Waals surface area contributed by atoms with Crippen LogP contribution in [0.25, 0.3) is 11.3 Å². The van der Waals surface area contributed by atoms with Crippen molar-refractivity contribution in [3.63, 3.8) is 0 Å². The van der Waals surface area contributed by atoms with E-state index in [2.05, 4.69) is 10.2 Å². The number of nitrogens with zero attached hydrogens (tertiary/aromatic N) is 3. The van der Waals surface area contributed by atoms with E-state index >= 15 is 0 Å². The minimum Gasteiger partial charge on any atom is -0.496 e. The maximum atomic E-state index is 13.3. The first kappa shape index (κ1) is 27.2. The van der Waals surface area contributed by atoms with Crippen LogP contribution in [-0.2, 0) is 9.47 Å². The van der Waals surface area contributed by atoms with Gasteiger partial charge in [-0.05, 0) is 72.4 Å². The van der Waals surface area contributed by atoms with E-state index in [1.54, 1.807) is 23.0 Å². The number of carbonyl (C=O) groups is 2. The maximum absolute atomic E-state index is 13.3. The molecular weight excluding hydrogens is 462 g/mol. The van der Waals surface area contributed by atoms with Gasteiger partial charge in [-0.15, -0.1) is 0 Å². The fourth-order valence-electron chi connectivity index (χ4n) is 4.03. The summed E-state index contributed by atoms with van der Waals surface area (Å²) in [7, 11) is 1.58. The van der Waals surface area contributed by atoms with Crippen molar-refractivity contribution in [1.82, 2.24) is 15.1 Å². The van der Waals surface area contributed by atoms with Crippen molar-refractivity contribution in [3.8, 4) is 17.0 Å². The van der Waals surface area contributed by atoms with Crippen molar-refractivity contribution in [2.45, 2.75) is 65.6 Å². The molecular formula is C26H39N5O5. The lowest BCUT2D eigenvalue weighted by Gasteiger charge is -2.36. The Balaban J connectivity index is 1.79. The van der Waals surface area contributed by atoms with Gasteiger partial charge in [-0.3, -0.25) is 10.00 Å². The van der Waals surface area contributed by atoms with Gasteiger partial charge in [0.1, 0.15) is 22.8 Å². The number of hydrogen-bond acceptors (Lipinski definition) is 7. The smallest absolute Gasteiger partial charge is 0.414 e. The normalized spacial score (nSPS) is 14.9. The highest BCUT2D eigenvalue weighted by Crippen LogP contribution is 2.34. The van der Waals surface area contributed by atoms with E-state index < -0.39 is 17.3 Å². The molecule has 0 unspecified atom stereocenters. The average Bonchev–Trinajstić information content (AvgIpc) is 3.21. The molecule has 0 radical (unpaired) electrons. The van der Waals surface area contributed by atoms with Gasteiger partial charge in [0.05, 0.1) is 18.5 Å². The number of nitrogens with two attached hydrogens (primary N) is 1. The molecule has 0 bridgehead atoms. The molecule has 0 spiro atoms. The van der Waals surface area contributed by atoms with Crippen molar-refractivity contribution in [3.05, 3.63) is 24.3 Å². The highest BCUT2D eigenvalue weighted by Gasteiger charge is 2.31. The molecule has 1 aromatic carbocycles. The number of aromatic nitrogens is 2. The lowest BCUT2D eigenvalue weighted by molar-refractivity contribution is 0.0182. The second-order valence-corrected chi connectivity index (χ2v) is 11.1. The van der Waals surface area contributed by atoms with Gasteiger partial charge in [-0.1, -0.05) is 0 Å². The average molecular weight is 502 g/mol. The van der Waals surface area contributed by atoms with Crippen LogP contribution in [0.5, 0.6) is 5.75 Å². The number of piperidine rings is 1. The van der Waals surface area contributed by atoms with E-state index in [1.807, 2.05) is 59.7 Å². The van der Waals surface area contributed by atoms with E-state index in [0.29, 0.717) is 42.6 Å². The van der Waals surface area contributed by atoms with Crippen LogP contribution in [-0.4, -0.2) is 65.2 Å². The molecule has 0 atom stereocenters. The summed E-state index contributed by atoms with van der Waals surface area (Å²) in [4.78, 5) is 29.1. The van der Waals surface area contributed by atoms with Gasteiger partial charge in [0.25, 0.3) is 0 Å². The van der Waals surface area contributed by atoms with Gasteiger partial charge >= 0.3 is 12.2 Å². The Morgan fingerprint density at radius 3 is 2.25 bits per heavy atom. The molecule has 1 aliphatic heterocycles. The molecule has 1 aliphatic rings. The Morgan fingerprint density at radius 2 is 1.72 bits per heavy atom. The number of ether oxygens (including phenoxy) is 3. The molecule has 10 nitrogen and oxygen atoms in total. The molecule has 198 valence electrons. The lowest BCUT2D eigenvalue weighted by atomic mass is 9.96. The molecule has 1 aromatic heterocycles. The van der Waals surface area contributed by atoms with Crippen LogP contribution in [0.15, 0.2) is 24.3 Å². The van der Waals surface area contributed by atoms with Gasteiger partial charge in [0.15, 0.2) is 0 Å². The summed E-state index contributed by atoms with van der Waals surface area (Å²) in [5, 5.41) is 6.87. The predicted molar refractivity (Wildman–Crippen MR) is 139 cm³/mol. The summed E-state index contributed by atoms with van der Waals surface area (Å²) >= 11 is 0. The lowest BCUT2D eigenvalue weighted by Crippen LogP contribution is -2.45. The molecule has 36 heavy (non-hydrogen) atoms. The zero-order chi connectivity index (χ0) is 26.7. The van der Waals surface area contributed by atoms with E-state index in [0.717, 1.165) is 18.4 Å². The second kappa shape index (κ2) is 10.7. The topological polar surface area (TPSA) is 123 Å². The first-order valence-electron chi connectivity index (χ1n) is 12.2. The van der Waals surface area contributed by atoms with Gasteiger partial charge < -0.3 is 24.8 Å². The van der Waals surface area contributed by atoms with Crippen LogP contribution in [0.4, 0.5) is 21.1 Å². The van der Waals surface area contributed by atoms with E-state index in [4.69, 9.17) is 19.9 Å². The molecule has 2 amide bonds. The van der Waals surface area contributed by atoms with Crippen molar-refractivity contribution in [1.29, 1.82) is 0 Å². The molecule has 10 heteroatoms. The third-order valence-corrected chi connectivity index (χ3v) is 5.71. The number of methoxy groups -OCH3 is 1. The van der Waals surface area contributed by atoms with Gasteiger partial charge in [-0.2, -0.15) is 5.10 Å². The molecule has 3 rings (SSSR count). The number of nitrogens with one attached hydrogen (secondary N) is 1. The van der Waals surface area contributed by atoms with E-state index in [9.17, 15) is 9.59 Å². The number of H-pyrrole nitrogens is 1. The van der Waals surface area contributed by atoms with Crippen LogP contribution in [0.3, 0.4) is 0 Å². The first-order chi connectivity index (χ1) is 16.8.